The van der Waals surface area contributed by atoms with Crippen molar-refractivity contribution in [3.05, 3.63) is 34.1 Å². The molecule has 0 unspecified atom stereocenters. The van der Waals surface area contributed by atoms with Crippen LogP contribution in [0.3, 0.4) is 0 Å². The highest BCUT2D eigenvalue weighted by molar-refractivity contribution is 7.98. The lowest BCUT2D eigenvalue weighted by Crippen LogP contribution is -2.26. The fourth-order valence-corrected chi connectivity index (χ4v) is 3.95. The van der Waals surface area contributed by atoms with E-state index in [-0.39, 0.29) is 12.0 Å². The van der Waals surface area contributed by atoms with Crippen LogP contribution >= 0.6 is 23.4 Å². The molecule has 0 aliphatic carbocycles. The molecular weight excluding hydrogens is 366 g/mol. The molecule has 1 fully saturated rings. The van der Waals surface area contributed by atoms with Gasteiger partial charge in [-0.1, -0.05) is 16.8 Å². The first-order valence-corrected chi connectivity index (χ1v) is 9.50. The number of carbonyl (C=O) groups is 1. The second-order valence-electron chi connectivity index (χ2n) is 5.82. The van der Waals surface area contributed by atoms with Crippen LogP contribution in [-0.2, 0) is 16.2 Å². The Morgan fingerprint density at radius 1 is 1.36 bits per heavy atom. The number of ether oxygens (including phenoxy) is 2. The number of aromatic nitrogens is 2. The lowest BCUT2D eigenvalue weighted by molar-refractivity contribution is 0.0238. The van der Waals surface area contributed by atoms with Crippen molar-refractivity contribution in [2.24, 2.45) is 0 Å². The van der Waals surface area contributed by atoms with E-state index in [0.29, 0.717) is 35.6 Å². The summed E-state index contributed by atoms with van der Waals surface area (Å²) in [7, 11) is 0. The maximum atomic E-state index is 12.4. The molecule has 2 aliphatic heterocycles. The van der Waals surface area contributed by atoms with Crippen LogP contribution in [0.25, 0.3) is 0 Å². The highest BCUT2D eigenvalue weighted by atomic mass is 35.5. The molecule has 0 atom stereocenters. The molecule has 0 spiro atoms. The van der Waals surface area contributed by atoms with Crippen molar-refractivity contribution in [2.45, 2.75) is 30.5 Å². The fraction of sp³-hybridized carbons (Fsp3) is 0.438. The maximum Gasteiger partial charge on any atom is 0.259 e. The van der Waals surface area contributed by atoms with Crippen LogP contribution in [0.1, 0.15) is 34.5 Å². The highest BCUT2D eigenvalue weighted by Gasteiger charge is 2.24. The Hall–Kier alpha value is -1.77. The molecule has 132 valence electrons. The summed E-state index contributed by atoms with van der Waals surface area (Å²) in [6.45, 7) is 1.34. The van der Waals surface area contributed by atoms with Crippen LogP contribution in [0.15, 0.2) is 16.8 Å². The monoisotopic (exact) mass is 381 g/mol. The lowest BCUT2D eigenvalue weighted by Gasteiger charge is -2.23. The third kappa shape index (κ3) is 3.61. The van der Waals surface area contributed by atoms with Crippen LogP contribution in [0.4, 0.5) is 5.88 Å². The minimum absolute atomic E-state index is 0.0349. The number of hydrogen-bond acceptors (Lipinski definition) is 7. The second kappa shape index (κ2) is 7.23. The number of nitrogens with zero attached hydrogens (tertiary/aromatic N) is 2. The van der Waals surface area contributed by atoms with Gasteiger partial charge in [0.05, 0.1) is 30.0 Å². The van der Waals surface area contributed by atoms with Crippen molar-refractivity contribution < 1.29 is 18.8 Å². The topological polar surface area (TPSA) is 86.5 Å². The van der Waals surface area contributed by atoms with Crippen LogP contribution in [0.5, 0.6) is 5.88 Å². The highest BCUT2D eigenvalue weighted by Crippen LogP contribution is 2.34. The van der Waals surface area contributed by atoms with E-state index in [2.05, 4.69) is 15.5 Å². The summed E-state index contributed by atoms with van der Waals surface area (Å²) in [6.07, 6.45) is 3.08. The van der Waals surface area contributed by atoms with Gasteiger partial charge in [-0.2, -0.15) is 11.8 Å². The van der Waals surface area contributed by atoms with Crippen molar-refractivity contribution in [1.29, 1.82) is 0 Å². The van der Waals surface area contributed by atoms with Crippen LogP contribution in [-0.4, -0.2) is 35.4 Å². The van der Waals surface area contributed by atoms with Gasteiger partial charge in [0, 0.05) is 30.5 Å². The van der Waals surface area contributed by atoms with Gasteiger partial charge in [-0.05, 0) is 6.07 Å². The van der Waals surface area contributed by atoms with E-state index in [1.165, 1.54) is 6.20 Å². The van der Waals surface area contributed by atoms with Crippen molar-refractivity contribution in [3.63, 3.8) is 0 Å². The molecule has 0 bridgehead atoms. The van der Waals surface area contributed by atoms with E-state index in [9.17, 15) is 4.79 Å². The number of halogens is 1. The smallest absolute Gasteiger partial charge is 0.259 e. The Kier molecular flexibility index (Phi) is 4.82. The Morgan fingerprint density at radius 3 is 3.00 bits per heavy atom. The normalized spacial score (nSPS) is 17.3. The minimum Gasteiger partial charge on any atom is -0.473 e. The number of thioether (sulfide) groups is 1. The van der Waals surface area contributed by atoms with Gasteiger partial charge in [0.25, 0.3) is 5.91 Å². The molecule has 2 aromatic heterocycles. The van der Waals surface area contributed by atoms with E-state index >= 15 is 0 Å². The average molecular weight is 382 g/mol. The van der Waals surface area contributed by atoms with Crippen LogP contribution in [0, 0.1) is 0 Å². The van der Waals surface area contributed by atoms with Gasteiger partial charge in [-0.15, -0.1) is 0 Å². The van der Waals surface area contributed by atoms with Crippen molar-refractivity contribution in [3.8, 4) is 5.88 Å². The van der Waals surface area contributed by atoms with Gasteiger partial charge in [0.15, 0.2) is 0 Å². The van der Waals surface area contributed by atoms with E-state index in [4.69, 9.17) is 25.6 Å². The number of hydrogen-bond donors (Lipinski definition) is 1. The van der Waals surface area contributed by atoms with Gasteiger partial charge in [-0.25, -0.2) is 4.98 Å². The lowest BCUT2D eigenvalue weighted by atomic mass is 10.1. The number of fused-ring (bicyclic) bond motifs is 1. The molecule has 4 heterocycles. The Labute approximate surface area is 153 Å². The van der Waals surface area contributed by atoms with E-state index < -0.39 is 0 Å². The predicted octanol–water partition coefficient (Wildman–Crippen LogP) is 3.28. The summed E-state index contributed by atoms with van der Waals surface area (Å²) in [5.74, 6) is 1.97. The fourth-order valence-electron chi connectivity index (χ4n) is 2.72. The van der Waals surface area contributed by atoms with E-state index in [0.717, 1.165) is 35.6 Å². The molecule has 0 saturated carbocycles. The molecule has 1 amide bonds. The number of anilines is 1. The number of pyridine rings is 1. The molecule has 2 aliphatic rings. The van der Waals surface area contributed by atoms with Gasteiger partial charge >= 0.3 is 0 Å². The zero-order valence-corrected chi connectivity index (χ0v) is 14.9. The van der Waals surface area contributed by atoms with Gasteiger partial charge < -0.3 is 14.0 Å². The Bertz CT molecular complexity index is 792. The molecule has 1 N–H and O–H groups in total. The first-order valence-electron chi connectivity index (χ1n) is 7.97. The molecule has 7 nitrogen and oxygen atoms in total. The quantitative estimate of drug-likeness (QED) is 0.869. The standard InChI is InChI=1S/C16H16ClN3O4S/c17-12-5-9(6-18-16(12)23-10-1-3-22-4-2-10)14(21)19-15-11-7-25-8-13(11)20-24-15/h5-6,10H,1-4,7-8H2,(H,19,21). The number of nitrogens with one attached hydrogen (secondary N) is 1. The van der Waals surface area contributed by atoms with Crippen molar-refractivity contribution >= 4 is 35.2 Å². The van der Waals surface area contributed by atoms with E-state index in [1.807, 2.05) is 0 Å². The molecule has 25 heavy (non-hydrogen) atoms. The van der Waals surface area contributed by atoms with Crippen LogP contribution < -0.4 is 10.1 Å². The van der Waals surface area contributed by atoms with Gasteiger partial charge in [0.2, 0.25) is 11.8 Å². The molecular formula is C16H16ClN3O4S. The summed E-state index contributed by atoms with van der Waals surface area (Å²) < 4.78 is 16.3. The summed E-state index contributed by atoms with van der Waals surface area (Å²) in [5, 5.41) is 6.99. The molecule has 0 radical (unpaired) electrons. The zero-order chi connectivity index (χ0) is 17.2. The SMILES string of the molecule is O=C(Nc1onc2c1CSC2)c1cnc(OC2CCOCC2)c(Cl)c1. The Balaban J connectivity index is 1.45. The van der Waals surface area contributed by atoms with E-state index in [1.54, 1.807) is 17.8 Å². The molecule has 9 heteroatoms. The summed E-state index contributed by atoms with van der Waals surface area (Å²) >= 11 is 7.97. The molecule has 1 saturated heterocycles. The summed E-state index contributed by atoms with van der Waals surface area (Å²) in [6, 6.07) is 1.55. The minimum atomic E-state index is -0.345. The number of rotatable bonds is 4. The van der Waals surface area contributed by atoms with Gasteiger partial charge in [0.1, 0.15) is 11.1 Å². The summed E-state index contributed by atoms with van der Waals surface area (Å²) in [4.78, 5) is 16.6. The largest absolute Gasteiger partial charge is 0.473 e. The zero-order valence-electron chi connectivity index (χ0n) is 13.3. The Morgan fingerprint density at radius 2 is 2.20 bits per heavy atom. The second-order valence-corrected chi connectivity index (χ2v) is 7.22. The number of carbonyl (C=O) groups excluding carboxylic acids is 1. The summed E-state index contributed by atoms with van der Waals surface area (Å²) in [5.41, 5.74) is 2.16. The van der Waals surface area contributed by atoms with Gasteiger partial charge in [-0.3, -0.25) is 10.1 Å². The van der Waals surface area contributed by atoms with Crippen LogP contribution in [0.2, 0.25) is 5.02 Å². The third-order valence-corrected chi connectivity index (χ3v) is 5.34. The maximum absolute atomic E-state index is 12.4. The third-order valence-electron chi connectivity index (χ3n) is 4.10. The molecule has 4 rings (SSSR count). The number of amides is 1. The molecule has 0 aromatic carbocycles. The first-order chi connectivity index (χ1) is 12.2. The van der Waals surface area contributed by atoms with Crippen molar-refractivity contribution in [1.82, 2.24) is 10.1 Å². The molecule has 2 aromatic rings. The first kappa shape index (κ1) is 16.7. The predicted molar refractivity (Wildman–Crippen MR) is 93.2 cm³/mol. The van der Waals surface area contributed by atoms with Crippen molar-refractivity contribution in [2.75, 3.05) is 18.5 Å². The average Bonchev–Trinajstić information content (AvgIpc) is 3.23.